The summed E-state index contributed by atoms with van der Waals surface area (Å²) in [7, 11) is 1.68. The van der Waals surface area contributed by atoms with Gasteiger partial charge in [-0.1, -0.05) is 0 Å². The summed E-state index contributed by atoms with van der Waals surface area (Å²) in [6, 6.07) is 2.45. The highest BCUT2D eigenvalue weighted by atomic mass is 16.5. The van der Waals surface area contributed by atoms with E-state index in [0.29, 0.717) is 12.1 Å². The molecule has 18 heavy (non-hydrogen) atoms. The Bertz CT molecular complexity index is 432. The number of aryl methyl sites for hydroxylation is 1. The molecule has 3 rings (SSSR count). The molecule has 1 aromatic heterocycles. The predicted octanol–water partition coefficient (Wildman–Crippen LogP) is 2.38. The lowest BCUT2D eigenvalue weighted by Gasteiger charge is -2.22. The van der Waals surface area contributed by atoms with E-state index >= 15 is 0 Å². The molecule has 0 spiro atoms. The molecular weight excluding hydrogens is 228 g/mol. The van der Waals surface area contributed by atoms with Crippen LogP contribution in [0.15, 0.2) is 12.3 Å². The Morgan fingerprint density at radius 1 is 1.39 bits per heavy atom. The monoisotopic (exact) mass is 248 g/mol. The highest BCUT2D eigenvalue weighted by Crippen LogP contribution is 2.40. The van der Waals surface area contributed by atoms with E-state index in [4.69, 9.17) is 9.47 Å². The zero-order valence-corrected chi connectivity index (χ0v) is 11.0. The molecule has 0 amide bonds. The molecule has 1 N–H and O–H groups in total. The maximum Gasteiger partial charge on any atom is 0.160 e. The molecule has 2 aliphatic rings. The summed E-state index contributed by atoms with van der Waals surface area (Å²) >= 11 is 0. The number of hydrogen-bond acceptors (Lipinski definition) is 4. The molecule has 2 unspecified atom stereocenters. The third kappa shape index (κ3) is 2.29. The molecule has 1 aliphatic carbocycles. The van der Waals surface area contributed by atoms with Gasteiger partial charge in [0.2, 0.25) is 0 Å². The summed E-state index contributed by atoms with van der Waals surface area (Å²) in [4.78, 5) is 4.26. The van der Waals surface area contributed by atoms with Crippen molar-refractivity contribution in [1.29, 1.82) is 0 Å². The lowest BCUT2D eigenvalue weighted by Crippen LogP contribution is -2.31. The summed E-state index contributed by atoms with van der Waals surface area (Å²) in [5, 5.41) is 3.58. The van der Waals surface area contributed by atoms with Gasteiger partial charge in [0.15, 0.2) is 5.75 Å². The van der Waals surface area contributed by atoms with Crippen molar-refractivity contribution >= 4 is 5.69 Å². The Kier molecular flexibility index (Phi) is 3.12. The highest BCUT2D eigenvalue weighted by Gasteiger charge is 2.40. The van der Waals surface area contributed by atoms with E-state index in [9.17, 15) is 0 Å². The minimum atomic E-state index is 0.378. The van der Waals surface area contributed by atoms with E-state index < -0.39 is 0 Å². The smallest absolute Gasteiger partial charge is 0.160 e. The molecular formula is C14H20N2O2. The van der Waals surface area contributed by atoms with Crippen LogP contribution in [0.5, 0.6) is 5.75 Å². The second kappa shape index (κ2) is 4.76. The van der Waals surface area contributed by atoms with Crippen molar-refractivity contribution in [2.24, 2.45) is 5.92 Å². The summed E-state index contributed by atoms with van der Waals surface area (Å²) in [5.41, 5.74) is 2.03. The minimum absolute atomic E-state index is 0.378. The van der Waals surface area contributed by atoms with E-state index in [1.54, 1.807) is 13.3 Å². The predicted molar refractivity (Wildman–Crippen MR) is 70.0 cm³/mol. The van der Waals surface area contributed by atoms with Gasteiger partial charge in [-0.05, 0) is 38.2 Å². The molecule has 98 valence electrons. The second-order valence-corrected chi connectivity index (χ2v) is 5.24. The molecule has 1 saturated heterocycles. The summed E-state index contributed by atoms with van der Waals surface area (Å²) < 4.78 is 11.2. The van der Waals surface area contributed by atoms with Crippen LogP contribution in [0.1, 0.15) is 25.0 Å². The van der Waals surface area contributed by atoms with Gasteiger partial charge in [-0.2, -0.15) is 0 Å². The van der Waals surface area contributed by atoms with Crippen molar-refractivity contribution in [2.75, 3.05) is 19.0 Å². The van der Waals surface area contributed by atoms with Gasteiger partial charge in [0.1, 0.15) is 0 Å². The molecule has 2 fully saturated rings. The van der Waals surface area contributed by atoms with Crippen molar-refractivity contribution in [2.45, 2.75) is 38.3 Å². The first kappa shape index (κ1) is 11.8. The van der Waals surface area contributed by atoms with Gasteiger partial charge in [0.25, 0.3) is 0 Å². The van der Waals surface area contributed by atoms with E-state index in [1.165, 1.54) is 12.8 Å². The van der Waals surface area contributed by atoms with E-state index in [2.05, 4.69) is 10.3 Å². The van der Waals surface area contributed by atoms with Crippen molar-refractivity contribution in [3.05, 3.63) is 18.0 Å². The van der Waals surface area contributed by atoms with E-state index in [-0.39, 0.29) is 0 Å². The SMILES string of the molecule is COc1cnc(C)cc1NC1CCOC1C1CC1. The lowest BCUT2D eigenvalue weighted by molar-refractivity contribution is 0.0898. The van der Waals surface area contributed by atoms with Crippen molar-refractivity contribution < 1.29 is 9.47 Å². The van der Waals surface area contributed by atoms with Crippen LogP contribution in [0, 0.1) is 12.8 Å². The molecule has 1 aromatic rings. The average Bonchev–Trinajstić information content (AvgIpc) is 3.11. The fourth-order valence-electron chi connectivity index (χ4n) is 2.68. The Morgan fingerprint density at radius 3 is 2.94 bits per heavy atom. The van der Waals surface area contributed by atoms with Crippen LogP contribution >= 0.6 is 0 Å². The number of nitrogens with zero attached hydrogens (tertiary/aromatic N) is 1. The Hall–Kier alpha value is -1.29. The van der Waals surface area contributed by atoms with E-state index in [0.717, 1.165) is 36.1 Å². The largest absolute Gasteiger partial charge is 0.493 e. The summed E-state index contributed by atoms with van der Waals surface area (Å²) in [6.45, 7) is 2.86. The first-order chi connectivity index (χ1) is 8.78. The van der Waals surface area contributed by atoms with Gasteiger partial charge in [0.05, 0.1) is 31.1 Å². The van der Waals surface area contributed by atoms with E-state index in [1.807, 2.05) is 13.0 Å². The zero-order valence-electron chi connectivity index (χ0n) is 11.0. The molecule has 1 aliphatic heterocycles. The number of methoxy groups -OCH3 is 1. The summed E-state index contributed by atoms with van der Waals surface area (Å²) in [6.07, 6.45) is 5.86. The van der Waals surface area contributed by atoms with Crippen LogP contribution in [0.2, 0.25) is 0 Å². The molecule has 2 atom stereocenters. The number of nitrogens with one attached hydrogen (secondary N) is 1. The van der Waals surface area contributed by atoms with Gasteiger partial charge >= 0.3 is 0 Å². The normalized spacial score (nSPS) is 27.2. The Morgan fingerprint density at radius 2 is 2.22 bits per heavy atom. The van der Waals surface area contributed by atoms with Gasteiger partial charge in [-0.3, -0.25) is 4.98 Å². The molecule has 1 saturated carbocycles. The maximum absolute atomic E-state index is 5.85. The number of pyridine rings is 1. The maximum atomic E-state index is 5.85. The van der Waals surface area contributed by atoms with Gasteiger partial charge in [-0.25, -0.2) is 0 Å². The van der Waals surface area contributed by atoms with Crippen LogP contribution < -0.4 is 10.1 Å². The molecule has 2 heterocycles. The van der Waals surface area contributed by atoms with Crippen molar-refractivity contribution in [3.8, 4) is 5.75 Å². The minimum Gasteiger partial charge on any atom is -0.493 e. The molecule has 4 heteroatoms. The average molecular weight is 248 g/mol. The first-order valence-corrected chi connectivity index (χ1v) is 6.66. The van der Waals surface area contributed by atoms with Gasteiger partial charge in [0, 0.05) is 12.3 Å². The van der Waals surface area contributed by atoms with Gasteiger partial charge in [-0.15, -0.1) is 0 Å². The number of aromatic nitrogens is 1. The first-order valence-electron chi connectivity index (χ1n) is 6.66. The number of ether oxygens (including phenoxy) is 2. The van der Waals surface area contributed by atoms with Gasteiger partial charge < -0.3 is 14.8 Å². The third-order valence-corrected chi connectivity index (χ3v) is 3.79. The van der Waals surface area contributed by atoms with Crippen molar-refractivity contribution in [1.82, 2.24) is 4.98 Å². The second-order valence-electron chi connectivity index (χ2n) is 5.24. The van der Waals surface area contributed by atoms with Crippen LogP contribution in [-0.4, -0.2) is 30.8 Å². The zero-order chi connectivity index (χ0) is 12.5. The topological polar surface area (TPSA) is 43.4 Å². The Balaban J connectivity index is 1.76. The third-order valence-electron chi connectivity index (χ3n) is 3.79. The Labute approximate surface area is 108 Å². The van der Waals surface area contributed by atoms with Crippen LogP contribution in [0.4, 0.5) is 5.69 Å². The van der Waals surface area contributed by atoms with Crippen LogP contribution in [0.3, 0.4) is 0 Å². The standard InChI is InChI=1S/C14H20N2O2/c1-9-7-12(13(17-2)8-15-9)16-11-5-6-18-14(11)10-3-4-10/h7-8,10-11,14H,3-6H2,1-2H3,(H,15,16). The quantitative estimate of drug-likeness (QED) is 0.888. The number of anilines is 1. The molecule has 0 bridgehead atoms. The fourth-order valence-corrected chi connectivity index (χ4v) is 2.68. The molecule has 0 radical (unpaired) electrons. The molecule has 4 nitrogen and oxygen atoms in total. The van der Waals surface area contributed by atoms with Crippen LogP contribution in [-0.2, 0) is 4.74 Å². The fraction of sp³-hybridized carbons (Fsp3) is 0.643. The van der Waals surface area contributed by atoms with Crippen molar-refractivity contribution in [3.63, 3.8) is 0 Å². The van der Waals surface area contributed by atoms with Crippen LogP contribution in [0.25, 0.3) is 0 Å². The number of rotatable bonds is 4. The summed E-state index contributed by atoms with van der Waals surface area (Å²) in [5.74, 6) is 1.57. The molecule has 0 aromatic carbocycles. The number of hydrogen-bond donors (Lipinski definition) is 1. The lowest BCUT2D eigenvalue weighted by atomic mass is 10.1. The highest BCUT2D eigenvalue weighted by molar-refractivity contribution is 5.56.